The Labute approximate surface area is 193 Å². The molecule has 7 nitrogen and oxygen atoms in total. The van der Waals surface area contributed by atoms with Crippen LogP contribution >= 0.6 is 0 Å². The maximum Gasteiger partial charge on any atom is 0.218 e. The number of nitrogens with zero attached hydrogens (tertiary/aromatic N) is 3. The van der Waals surface area contributed by atoms with Gasteiger partial charge in [0.15, 0.2) is 0 Å². The van der Waals surface area contributed by atoms with E-state index in [0.29, 0.717) is 0 Å². The molecule has 0 aliphatic carbocycles. The lowest BCUT2D eigenvalue weighted by atomic mass is 9.89. The molecule has 7 heteroatoms. The Morgan fingerprint density at radius 1 is 0.939 bits per heavy atom. The van der Waals surface area contributed by atoms with Crippen LogP contribution in [0.15, 0.2) is 83.0 Å². The van der Waals surface area contributed by atoms with Crippen LogP contribution in [0.25, 0.3) is 0 Å². The van der Waals surface area contributed by atoms with E-state index in [0.717, 1.165) is 68.3 Å². The second-order valence-electron chi connectivity index (χ2n) is 8.76. The Bertz CT molecular complexity index is 1020. The van der Waals surface area contributed by atoms with Crippen molar-refractivity contribution in [2.24, 2.45) is 0 Å². The molecule has 0 saturated carbocycles. The Balaban J connectivity index is 1.56. The molecule has 2 fully saturated rings. The summed E-state index contributed by atoms with van der Waals surface area (Å²) in [4.78, 5) is 4.75. The summed E-state index contributed by atoms with van der Waals surface area (Å²) in [6.45, 7) is 1.52. The lowest BCUT2D eigenvalue weighted by molar-refractivity contribution is 0.00357. The number of anilines is 2. The molecule has 2 aromatic rings. The molecule has 0 radical (unpaired) electrons. The highest BCUT2D eigenvalue weighted by Crippen LogP contribution is 2.45. The molecule has 33 heavy (non-hydrogen) atoms. The fourth-order valence-corrected chi connectivity index (χ4v) is 5.36. The number of hydrogen-bond acceptors (Lipinski definition) is 7. The Hall–Kier alpha value is -3.03. The van der Waals surface area contributed by atoms with Gasteiger partial charge in [-0.15, -0.1) is 0 Å². The fourth-order valence-electron chi connectivity index (χ4n) is 5.36. The maximum atomic E-state index is 6.41. The first-order chi connectivity index (χ1) is 16.4. The number of allylic oxidation sites excluding steroid dienone is 2. The van der Waals surface area contributed by atoms with Crippen LogP contribution in [0.2, 0.25) is 0 Å². The smallest absolute Gasteiger partial charge is 0.218 e. The van der Waals surface area contributed by atoms with E-state index in [1.165, 1.54) is 0 Å². The third-order valence-corrected chi connectivity index (χ3v) is 6.73. The van der Waals surface area contributed by atoms with Gasteiger partial charge in [-0.3, -0.25) is 5.01 Å². The van der Waals surface area contributed by atoms with Crippen LogP contribution in [0, 0.1) is 0 Å². The van der Waals surface area contributed by atoms with Crippen molar-refractivity contribution in [3.05, 3.63) is 78.6 Å². The van der Waals surface area contributed by atoms with Crippen molar-refractivity contribution >= 4 is 11.7 Å². The van der Waals surface area contributed by atoms with Crippen LogP contribution in [0.4, 0.5) is 11.7 Å². The quantitative estimate of drug-likeness (QED) is 0.655. The Morgan fingerprint density at radius 2 is 1.91 bits per heavy atom. The molecule has 2 aromatic heterocycles. The van der Waals surface area contributed by atoms with E-state index in [-0.39, 0.29) is 24.4 Å². The van der Waals surface area contributed by atoms with E-state index in [2.05, 4.69) is 16.1 Å². The zero-order valence-corrected chi connectivity index (χ0v) is 18.6. The second kappa shape index (κ2) is 9.08. The number of aromatic nitrogens is 1. The first-order valence-electron chi connectivity index (χ1n) is 11.9. The molecule has 172 valence electrons. The molecule has 2 saturated heterocycles. The minimum atomic E-state index is -0.212. The van der Waals surface area contributed by atoms with Gasteiger partial charge in [-0.1, -0.05) is 12.1 Å². The minimum Gasteiger partial charge on any atom is -0.489 e. The maximum absolute atomic E-state index is 6.41. The standard InChI is InChI=1S/C26H29N3O4/c1-4-14-27-22(12-1)28-25(20-10-3-6-16-31-20)24(19-9-2-5-15-30-19)26(21-11-7-17-32-21)29(28)23-13-8-18-33-23/h1-2,4-5,8-9,12-15,18-21,25H,3,6-7,10-11,16-17H2. The molecule has 0 spiro atoms. The summed E-state index contributed by atoms with van der Waals surface area (Å²) in [6, 6.07) is 9.82. The highest BCUT2D eigenvalue weighted by Gasteiger charge is 2.51. The number of furan rings is 1. The molecule has 6 rings (SSSR count). The lowest BCUT2D eigenvalue weighted by Gasteiger charge is -2.40. The van der Waals surface area contributed by atoms with Gasteiger partial charge < -0.3 is 18.6 Å². The third kappa shape index (κ3) is 3.75. The van der Waals surface area contributed by atoms with Crippen LogP contribution in [-0.2, 0) is 14.2 Å². The largest absolute Gasteiger partial charge is 0.489 e. The first-order valence-corrected chi connectivity index (χ1v) is 11.9. The van der Waals surface area contributed by atoms with E-state index < -0.39 is 0 Å². The van der Waals surface area contributed by atoms with Crippen LogP contribution in [0.5, 0.6) is 0 Å². The van der Waals surface area contributed by atoms with E-state index in [1.54, 1.807) is 12.5 Å². The van der Waals surface area contributed by atoms with Gasteiger partial charge in [0.2, 0.25) is 5.88 Å². The van der Waals surface area contributed by atoms with E-state index >= 15 is 0 Å². The summed E-state index contributed by atoms with van der Waals surface area (Å²) < 4.78 is 24.9. The monoisotopic (exact) mass is 447 g/mol. The summed E-state index contributed by atoms with van der Waals surface area (Å²) in [5.74, 6) is 1.58. The number of pyridine rings is 1. The zero-order chi connectivity index (χ0) is 22.0. The highest BCUT2D eigenvalue weighted by molar-refractivity contribution is 5.66. The van der Waals surface area contributed by atoms with Gasteiger partial charge in [-0.05, 0) is 62.5 Å². The van der Waals surface area contributed by atoms with E-state index in [9.17, 15) is 0 Å². The number of ether oxygens (including phenoxy) is 3. The van der Waals surface area contributed by atoms with Gasteiger partial charge in [0.25, 0.3) is 0 Å². The van der Waals surface area contributed by atoms with Crippen molar-refractivity contribution < 1.29 is 18.6 Å². The summed E-state index contributed by atoms with van der Waals surface area (Å²) in [5, 5.41) is 4.39. The van der Waals surface area contributed by atoms with Gasteiger partial charge in [-0.25, -0.2) is 9.99 Å². The van der Waals surface area contributed by atoms with Gasteiger partial charge >= 0.3 is 0 Å². The van der Waals surface area contributed by atoms with E-state index in [4.69, 9.17) is 23.6 Å². The average Bonchev–Trinajstić information content (AvgIpc) is 3.65. The highest BCUT2D eigenvalue weighted by atomic mass is 16.5. The SMILES string of the molecule is C1=COC(C2=C(C3CCCO3)N(c3ccco3)N(c3ccccn3)C2C2CCCCO2)C=C1. The van der Waals surface area contributed by atoms with Crippen molar-refractivity contribution in [2.45, 2.75) is 56.5 Å². The molecular formula is C26H29N3O4. The van der Waals surface area contributed by atoms with Gasteiger partial charge in [0.05, 0.1) is 30.4 Å². The normalized spacial score (nSPS) is 29.7. The van der Waals surface area contributed by atoms with Crippen LogP contribution in [0.3, 0.4) is 0 Å². The Morgan fingerprint density at radius 3 is 2.61 bits per heavy atom. The number of hydrazine groups is 1. The molecule has 6 heterocycles. The number of hydrogen-bond donors (Lipinski definition) is 0. The van der Waals surface area contributed by atoms with Crippen molar-refractivity contribution in [1.82, 2.24) is 4.98 Å². The predicted octanol–water partition coefficient (Wildman–Crippen LogP) is 4.76. The molecule has 0 amide bonds. The van der Waals surface area contributed by atoms with Gasteiger partial charge in [0, 0.05) is 31.1 Å². The third-order valence-electron chi connectivity index (χ3n) is 6.73. The molecule has 0 aromatic carbocycles. The van der Waals surface area contributed by atoms with Crippen molar-refractivity contribution in [1.29, 1.82) is 0 Å². The molecule has 4 aliphatic heterocycles. The van der Waals surface area contributed by atoms with Crippen LogP contribution < -0.4 is 10.0 Å². The van der Waals surface area contributed by atoms with Gasteiger partial charge in [0.1, 0.15) is 18.0 Å². The topological polar surface area (TPSA) is 60.2 Å². The Kier molecular flexibility index (Phi) is 5.66. The zero-order valence-electron chi connectivity index (χ0n) is 18.6. The van der Waals surface area contributed by atoms with Gasteiger partial charge in [-0.2, -0.15) is 0 Å². The van der Waals surface area contributed by atoms with Crippen molar-refractivity contribution in [3.8, 4) is 0 Å². The molecule has 4 atom stereocenters. The fraction of sp³-hybridized carbons (Fsp3) is 0.423. The summed E-state index contributed by atoms with van der Waals surface area (Å²) >= 11 is 0. The molecular weight excluding hydrogens is 418 g/mol. The molecule has 0 N–H and O–H groups in total. The van der Waals surface area contributed by atoms with Crippen molar-refractivity contribution in [2.75, 3.05) is 23.2 Å². The second-order valence-corrected chi connectivity index (χ2v) is 8.76. The first kappa shape index (κ1) is 20.6. The minimum absolute atomic E-state index is 0.00928. The average molecular weight is 448 g/mol. The van der Waals surface area contributed by atoms with Crippen LogP contribution in [0.1, 0.15) is 32.1 Å². The molecule has 0 bridgehead atoms. The van der Waals surface area contributed by atoms with Crippen molar-refractivity contribution in [3.63, 3.8) is 0 Å². The predicted molar refractivity (Wildman–Crippen MR) is 124 cm³/mol. The van der Waals surface area contributed by atoms with Crippen LogP contribution in [-0.4, -0.2) is 42.6 Å². The molecule has 4 unspecified atom stereocenters. The molecule has 4 aliphatic rings. The number of rotatable bonds is 5. The summed E-state index contributed by atoms with van der Waals surface area (Å²) in [7, 11) is 0. The van der Waals surface area contributed by atoms with E-state index in [1.807, 2.05) is 48.7 Å². The summed E-state index contributed by atoms with van der Waals surface area (Å²) in [5.41, 5.74) is 2.24. The summed E-state index contributed by atoms with van der Waals surface area (Å²) in [6.07, 6.45) is 16.3. The lowest BCUT2D eigenvalue weighted by Crippen LogP contribution is -2.51.